The van der Waals surface area contributed by atoms with Crippen molar-refractivity contribution in [1.82, 2.24) is 4.90 Å². The van der Waals surface area contributed by atoms with E-state index in [2.05, 4.69) is 4.90 Å². The first kappa shape index (κ1) is 13.8. The Labute approximate surface area is 103 Å². The molecule has 0 amide bonds. The predicted molar refractivity (Wildman–Crippen MR) is 65.8 cm³/mol. The lowest BCUT2D eigenvalue weighted by atomic mass is 10.0. The lowest BCUT2D eigenvalue weighted by molar-refractivity contribution is -0.150. The van der Waals surface area contributed by atoms with Gasteiger partial charge in [0.15, 0.2) is 0 Å². The van der Waals surface area contributed by atoms with E-state index in [1.54, 1.807) is 0 Å². The third-order valence-corrected chi connectivity index (χ3v) is 3.27. The highest BCUT2D eigenvalue weighted by molar-refractivity contribution is 6.17. The average molecular weight is 248 g/mol. The van der Waals surface area contributed by atoms with Gasteiger partial charge in [-0.05, 0) is 45.7 Å². The summed E-state index contributed by atoms with van der Waals surface area (Å²) in [6, 6.07) is -0.0102. The standard InChI is InChI=1S/C12H22ClNO2/c1-2-16-12(15)11-7-3-5-9-14(11)10-6-4-8-13/h11H,2-10H2,1H3. The number of carbonyl (C=O) groups is 1. The third kappa shape index (κ3) is 4.30. The molecular weight excluding hydrogens is 226 g/mol. The second kappa shape index (κ2) is 7.91. The lowest BCUT2D eigenvalue weighted by Crippen LogP contribution is -2.45. The predicted octanol–water partition coefficient (Wildman–Crippen LogP) is 2.42. The minimum Gasteiger partial charge on any atom is -0.465 e. The number of carbonyl (C=O) groups excluding carboxylic acids is 1. The van der Waals surface area contributed by atoms with Gasteiger partial charge < -0.3 is 4.74 Å². The molecule has 0 aromatic carbocycles. The molecule has 1 atom stereocenters. The smallest absolute Gasteiger partial charge is 0.323 e. The molecule has 3 nitrogen and oxygen atoms in total. The van der Waals surface area contributed by atoms with Gasteiger partial charge >= 0.3 is 5.97 Å². The summed E-state index contributed by atoms with van der Waals surface area (Å²) in [5.41, 5.74) is 0. The molecule has 0 aliphatic carbocycles. The Morgan fingerprint density at radius 2 is 2.25 bits per heavy atom. The van der Waals surface area contributed by atoms with Crippen molar-refractivity contribution >= 4 is 17.6 Å². The summed E-state index contributed by atoms with van der Waals surface area (Å²) in [5, 5.41) is 0. The van der Waals surface area contributed by atoms with Crippen LogP contribution in [0.25, 0.3) is 0 Å². The number of unbranched alkanes of at least 4 members (excludes halogenated alkanes) is 1. The van der Waals surface area contributed by atoms with Crippen LogP contribution in [0.4, 0.5) is 0 Å². The number of alkyl halides is 1. The highest BCUT2D eigenvalue weighted by atomic mass is 35.5. The van der Waals surface area contributed by atoms with Crippen molar-refractivity contribution in [2.75, 3.05) is 25.6 Å². The van der Waals surface area contributed by atoms with Gasteiger partial charge in [-0.15, -0.1) is 11.6 Å². The number of ether oxygens (including phenoxy) is 1. The van der Waals surface area contributed by atoms with E-state index in [4.69, 9.17) is 16.3 Å². The Balaban J connectivity index is 2.40. The van der Waals surface area contributed by atoms with E-state index in [9.17, 15) is 4.79 Å². The van der Waals surface area contributed by atoms with Crippen LogP contribution in [0.15, 0.2) is 0 Å². The maximum atomic E-state index is 11.8. The molecule has 0 spiro atoms. The second-order valence-corrected chi connectivity index (χ2v) is 4.57. The molecule has 1 fully saturated rings. The number of rotatable bonds is 6. The summed E-state index contributed by atoms with van der Waals surface area (Å²) in [6.45, 7) is 4.32. The first-order chi connectivity index (χ1) is 7.79. The van der Waals surface area contributed by atoms with E-state index in [1.807, 2.05) is 6.92 Å². The Morgan fingerprint density at radius 1 is 1.44 bits per heavy atom. The first-order valence-corrected chi connectivity index (χ1v) is 6.79. The summed E-state index contributed by atoms with van der Waals surface area (Å²) >= 11 is 5.66. The largest absolute Gasteiger partial charge is 0.465 e. The van der Waals surface area contributed by atoms with Crippen LogP contribution in [0.5, 0.6) is 0 Å². The minimum absolute atomic E-state index is 0.0102. The maximum Gasteiger partial charge on any atom is 0.323 e. The van der Waals surface area contributed by atoms with Gasteiger partial charge in [0.25, 0.3) is 0 Å². The Kier molecular flexibility index (Phi) is 6.81. The zero-order valence-corrected chi connectivity index (χ0v) is 10.8. The molecular formula is C12H22ClNO2. The van der Waals surface area contributed by atoms with Crippen LogP contribution in [-0.4, -0.2) is 42.5 Å². The van der Waals surface area contributed by atoms with Gasteiger partial charge in [0.1, 0.15) is 6.04 Å². The number of piperidine rings is 1. The van der Waals surface area contributed by atoms with Crippen molar-refractivity contribution in [2.24, 2.45) is 0 Å². The molecule has 0 bridgehead atoms. The molecule has 1 heterocycles. The van der Waals surface area contributed by atoms with Gasteiger partial charge in [0.2, 0.25) is 0 Å². The molecule has 1 rings (SSSR count). The fourth-order valence-corrected chi connectivity index (χ4v) is 2.36. The average Bonchev–Trinajstić information content (AvgIpc) is 2.30. The Morgan fingerprint density at radius 3 is 2.94 bits per heavy atom. The van der Waals surface area contributed by atoms with Gasteiger partial charge in [0, 0.05) is 5.88 Å². The molecule has 16 heavy (non-hydrogen) atoms. The zero-order chi connectivity index (χ0) is 11.8. The van der Waals surface area contributed by atoms with Crippen LogP contribution in [-0.2, 0) is 9.53 Å². The van der Waals surface area contributed by atoms with Gasteiger partial charge in [-0.1, -0.05) is 6.42 Å². The Bertz CT molecular complexity index is 211. The van der Waals surface area contributed by atoms with E-state index in [-0.39, 0.29) is 12.0 Å². The van der Waals surface area contributed by atoms with E-state index in [1.165, 1.54) is 6.42 Å². The van der Waals surface area contributed by atoms with Crippen molar-refractivity contribution < 1.29 is 9.53 Å². The van der Waals surface area contributed by atoms with Crippen molar-refractivity contribution in [2.45, 2.75) is 45.1 Å². The SMILES string of the molecule is CCOC(=O)C1CCCCN1CCCCCl. The van der Waals surface area contributed by atoms with Crippen LogP contribution in [0, 0.1) is 0 Å². The van der Waals surface area contributed by atoms with Gasteiger partial charge in [-0.2, -0.15) is 0 Å². The topological polar surface area (TPSA) is 29.5 Å². The molecule has 1 unspecified atom stereocenters. The highest BCUT2D eigenvalue weighted by Gasteiger charge is 2.28. The number of hydrogen-bond donors (Lipinski definition) is 0. The molecule has 94 valence electrons. The van der Waals surface area contributed by atoms with Crippen LogP contribution >= 0.6 is 11.6 Å². The zero-order valence-electron chi connectivity index (χ0n) is 10.1. The molecule has 1 aliphatic heterocycles. The number of hydrogen-bond acceptors (Lipinski definition) is 3. The number of nitrogens with zero attached hydrogens (tertiary/aromatic N) is 1. The summed E-state index contributed by atoms with van der Waals surface area (Å²) in [6.07, 6.45) is 5.36. The van der Waals surface area contributed by atoms with Crippen LogP contribution < -0.4 is 0 Å². The van der Waals surface area contributed by atoms with E-state index in [0.717, 1.165) is 38.8 Å². The number of likely N-dealkylation sites (tertiary alicyclic amines) is 1. The number of halogens is 1. The van der Waals surface area contributed by atoms with Crippen molar-refractivity contribution in [3.05, 3.63) is 0 Å². The highest BCUT2D eigenvalue weighted by Crippen LogP contribution is 2.18. The molecule has 0 radical (unpaired) electrons. The third-order valence-electron chi connectivity index (χ3n) is 3.00. The second-order valence-electron chi connectivity index (χ2n) is 4.20. The van der Waals surface area contributed by atoms with Crippen LogP contribution in [0.1, 0.15) is 39.0 Å². The Hall–Kier alpha value is -0.280. The minimum atomic E-state index is -0.0481. The van der Waals surface area contributed by atoms with Gasteiger partial charge in [0.05, 0.1) is 6.61 Å². The molecule has 0 aromatic heterocycles. The quantitative estimate of drug-likeness (QED) is 0.410. The normalized spacial score (nSPS) is 22.0. The summed E-state index contributed by atoms with van der Waals surface area (Å²) in [7, 11) is 0. The molecule has 1 aliphatic rings. The first-order valence-electron chi connectivity index (χ1n) is 6.26. The fraction of sp³-hybridized carbons (Fsp3) is 0.917. The van der Waals surface area contributed by atoms with Gasteiger partial charge in [-0.3, -0.25) is 9.69 Å². The molecule has 0 N–H and O–H groups in total. The monoisotopic (exact) mass is 247 g/mol. The van der Waals surface area contributed by atoms with Crippen molar-refractivity contribution in [1.29, 1.82) is 0 Å². The lowest BCUT2D eigenvalue weighted by Gasteiger charge is -2.33. The van der Waals surface area contributed by atoms with E-state index < -0.39 is 0 Å². The fourth-order valence-electron chi connectivity index (χ4n) is 2.17. The molecule has 4 heteroatoms. The maximum absolute atomic E-state index is 11.8. The van der Waals surface area contributed by atoms with Gasteiger partial charge in [-0.25, -0.2) is 0 Å². The summed E-state index contributed by atoms with van der Waals surface area (Å²) in [5.74, 6) is 0.658. The summed E-state index contributed by atoms with van der Waals surface area (Å²) in [4.78, 5) is 14.0. The number of esters is 1. The van der Waals surface area contributed by atoms with E-state index in [0.29, 0.717) is 12.5 Å². The summed E-state index contributed by atoms with van der Waals surface area (Å²) < 4.78 is 5.11. The van der Waals surface area contributed by atoms with Crippen molar-refractivity contribution in [3.63, 3.8) is 0 Å². The molecule has 0 aromatic rings. The molecule has 1 saturated heterocycles. The molecule has 0 saturated carbocycles. The van der Waals surface area contributed by atoms with Crippen LogP contribution in [0.2, 0.25) is 0 Å². The van der Waals surface area contributed by atoms with Crippen molar-refractivity contribution in [3.8, 4) is 0 Å². The van der Waals surface area contributed by atoms with Crippen LogP contribution in [0.3, 0.4) is 0 Å². The van der Waals surface area contributed by atoms with E-state index >= 15 is 0 Å².